The molecule has 0 atom stereocenters. The molecular weight excluding hydrogens is 442 g/mol. The van der Waals surface area contributed by atoms with Gasteiger partial charge in [-0.2, -0.15) is 0 Å². The molecule has 0 radical (unpaired) electrons. The van der Waals surface area contributed by atoms with Gasteiger partial charge in [0.1, 0.15) is 0 Å². The van der Waals surface area contributed by atoms with Crippen molar-refractivity contribution in [2.75, 3.05) is 17.7 Å². The Kier molecular flexibility index (Phi) is 7.27. The summed E-state index contributed by atoms with van der Waals surface area (Å²) in [7, 11) is 2.01. The van der Waals surface area contributed by atoms with Crippen LogP contribution in [0.2, 0.25) is 0 Å². The molecule has 34 heavy (non-hydrogen) atoms. The predicted molar refractivity (Wildman–Crippen MR) is 142 cm³/mol. The van der Waals surface area contributed by atoms with E-state index in [1.807, 2.05) is 43.4 Å². The maximum Gasteiger partial charge on any atom is 0.262 e. The number of likely N-dealkylation sites (N-methyl/N-ethyl adjacent to an activating group) is 1. The normalized spacial score (nSPS) is 15.8. The van der Waals surface area contributed by atoms with Crippen molar-refractivity contribution in [1.29, 1.82) is 0 Å². The third-order valence-electron chi connectivity index (χ3n) is 6.64. The molecular formula is C28H33N3O2S. The number of hydrogen-bond donors (Lipinski definition) is 0. The lowest BCUT2D eigenvalue weighted by atomic mass is 9.83. The number of rotatable bonds is 9. The zero-order valence-corrected chi connectivity index (χ0v) is 21.3. The van der Waals surface area contributed by atoms with E-state index in [0.29, 0.717) is 22.6 Å². The molecule has 0 amide bonds. The van der Waals surface area contributed by atoms with Crippen molar-refractivity contribution in [2.24, 2.45) is 0 Å². The van der Waals surface area contributed by atoms with Crippen LogP contribution in [0.4, 0.5) is 5.69 Å². The number of allylic oxidation sites excluding steroid dienone is 2. The summed E-state index contributed by atoms with van der Waals surface area (Å²) < 4.78 is 1.75. The highest BCUT2D eigenvalue weighted by Gasteiger charge is 2.38. The molecule has 1 aromatic heterocycles. The number of ketones is 1. The van der Waals surface area contributed by atoms with E-state index in [0.717, 1.165) is 37.1 Å². The van der Waals surface area contributed by atoms with Gasteiger partial charge < -0.3 is 4.90 Å². The highest BCUT2D eigenvalue weighted by molar-refractivity contribution is 7.99. The van der Waals surface area contributed by atoms with Gasteiger partial charge in [-0.05, 0) is 30.2 Å². The number of benzene rings is 2. The summed E-state index contributed by atoms with van der Waals surface area (Å²) in [5.74, 6) is 0.261. The van der Waals surface area contributed by atoms with E-state index in [1.54, 1.807) is 10.6 Å². The van der Waals surface area contributed by atoms with Crippen LogP contribution < -0.4 is 10.5 Å². The fraction of sp³-hybridized carbons (Fsp3) is 0.393. The number of thioether (sulfide) groups is 1. The fourth-order valence-corrected chi connectivity index (χ4v) is 5.59. The van der Waals surface area contributed by atoms with Crippen molar-refractivity contribution < 1.29 is 4.79 Å². The summed E-state index contributed by atoms with van der Waals surface area (Å²) in [4.78, 5) is 33.1. The van der Waals surface area contributed by atoms with Gasteiger partial charge in [0.05, 0.1) is 16.7 Å². The minimum absolute atomic E-state index is 0.0210. The zero-order valence-electron chi connectivity index (χ0n) is 20.5. The van der Waals surface area contributed by atoms with Gasteiger partial charge in [-0.1, -0.05) is 82.1 Å². The average molecular weight is 476 g/mol. The molecule has 0 unspecified atom stereocenters. The second kappa shape index (κ2) is 10.2. The van der Waals surface area contributed by atoms with Crippen LogP contribution in [0.1, 0.15) is 52.0 Å². The molecule has 2 aromatic carbocycles. The van der Waals surface area contributed by atoms with Crippen LogP contribution in [-0.2, 0) is 16.8 Å². The number of carbonyl (C=O) groups is 1. The van der Waals surface area contributed by atoms with Crippen molar-refractivity contribution in [1.82, 2.24) is 9.55 Å². The lowest BCUT2D eigenvalue weighted by Crippen LogP contribution is -2.25. The Labute approximate surface area is 205 Å². The van der Waals surface area contributed by atoms with Crippen molar-refractivity contribution in [3.05, 3.63) is 76.2 Å². The van der Waals surface area contributed by atoms with E-state index >= 15 is 0 Å². The molecule has 1 aliphatic heterocycles. The molecule has 0 spiro atoms. The number of para-hydroxylation sites is 2. The highest BCUT2D eigenvalue weighted by Crippen LogP contribution is 2.46. The number of anilines is 1. The Balaban J connectivity index is 1.57. The summed E-state index contributed by atoms with van der Waals surface area (Å²) >= 11 is 1.36. The Hall–Kier alpha value is -2.86. The number of carbonyl (C=O) groups excluding carboxylic acids is 1. The molecule has 4 rings (SSSR count). The Bertz CT molecular complexity index is 1290. The van der Waals surface area contributed by atoms with Crippen molar-refractivity contribution >= 4 is 34.1 Å². The second-order valence-electron chi connectivity index (χ2n) is 9.41. The fourth-order valence-electron chi connectivity index (χ4n) is 4.74. The van der Waals surface area contributed by atoms with Gasteiger partial charge in [-0.15, -0.1) is 0 Å². The smallest absolute Gasteiger partial charge is 0.262 e. The molecule has 2 heterocycles. The van der Waals surface area contributed by atoms with Crippen molar-refractivity contribution in [3.63, 3.8) is 0 Å². The lowest BCUT2D eigenvalue weighted by Gasteiger charge is -2.24. The summed E-state index contributed by atoms with van der Waals surface area (Å²) in [6.45, 7) is 7.10. The number of unbranched alkanes of at least 4 members (excludes halogenated alkanes) is 3. The Morgan fingerprint density at radius 1 is 1.06 bits per heavy atom. The SMILES string of the molecule is CCCCCCn1c(SCC(=O)C=C2N(C)c3ccccc3C2(C)C)nc2ccccc2c1=O. The molecule has 0 saturated heterocycles. The van der Waals surface area contributed by atoms with Crippen LogP contribution in [0.3, 0.4) is 0 Å². The minimum Gasteiger partial charge on any atom is -0.347 e. The first-order chi connectivity index (χ1) is 16.3. The zero-order chi connectivity index (χ0) is 24.3. The van der Waals surface area contributed by atoms with Crippen LogP contribution in [0.5, 0.6) is 0 Å². The number of hydrogen-bond acceptors (Lipinski definition) is 5. The molecule has 1 aliphatic rings. The summed E-state index contributed by atoms with van der Waals surface area (Å²) in [5, 5.41) is 1.25. The number of nitrogens with zero attached hydrogens (tertiary/aromatic N) is 3. The lowest BCUT2D eigenvalue weighted by molar-refractivity contribution is -0.112. The maximum atomic E-state index is 13.2. The molecule has 0 fully saturated rings. The molecule has 5 nitrogen and oxygen atoms in total. The molecule has 178 valence electrons. The quantitative estimate of drug-likeness (QED) is 0.166. The maximum absolute atomic E-state index is 13.2. The van der Waals surface area contributed by atoms with E-state index in [2.05, 4.69) is 37.8 Å². The largest absolute Gasteiger partial charge is 0.347 e. The molecule has 0 aliphatic carbocycles. The third kappa shape index (κ3) is 4.69. The molecule has 3 aromatic rings. The van der Waals surface area contributed by atoms with Crippen molar-refractivity contribution in [2.45, 2.75) is 63.6 Å². The van der Waals surface area contributed by atoms with E-state index < -0.39 is 0 Å². The van der Waals surface area contributed by atoms with Crippen LogP contribution in [0.25, 0.3) is 10.9 Å². The monoisotopic (exact) mass is 475 g/mol. The van der Waals surface area contributed by atoms with E-state index in [-0.39, 0.29) is 22.5 Å². The van der Waals surface area contributed by atoms with Gasteiger partial charge in [0.2, 0.25) is 0 Å². The van der Waals surface area contributed by atoms with Crippen LogP contribution in [-0.4, -0.2) is 28.1 Å². The van der Waals surface area contributed by atoms with E-state index in [1.165, 1.54) is 17.3 Å². The third-order valence-corrected chi connectivity index (χ3v) is 7.64. The summed E-state index contributed by atoms with van der Waals surface area (Å²) in [6, 6.07) is 15.7. The summed E-state index contributed by atoms with van der Waals surface area (Å²) in [5.41, 5.74) is 3.76. The minimum atomic E-state index is -0.242. The van der Waals surface area contributed by atoms with Gasteiger partial charge >= 0.3 is 0 Å². The number of fused-ring (bicyclic) bond motifs is 2. The van der Waals surface area contributed by atoms with Gasteiger partial charge in [-0.25, -0.2) is 4.98 Å². The van der Waals surface area contributed by atoms with Gasteiger partial charge in [0, 0.05) is 36.5 Å². The van der Waals surface area contributed by atoms with Crippen LogP contribution in [0, 0.1) is 0 Å². The Morgan fingerprint density at radius 3 is 2.56 bits per heavy atom. The molecule has 6 heteroatoms. The van der Waals surface area contributed by atoms with Gasteiger partial charge in [-0.3, -0.25) is 14.2 Å². The predicted octanol–water partition coefficient (Wildman–Crippen LogP) is 5.95. The standard InChI is InChI=1S/C28H33N3O2S/c1-5-6-7-12-17-31-26(33)21-13-8-10-15-23(21)29-27(31)34-19-20(32)18-25-28(2,3)22-14-9-11-16-24(22)30(25)4/h8-11,13-16,18H,5-7,12,17,19H2,1-4H3. The Morgan fingerprint density at radius 2 is 1.79 bits per heavy atom. The summed E-state index contributed by atoms with van der Waals surface area (Å²) in [6.07, 6.45) is 6.06. The molecule has 0 N–H and O–H groups in total. The second-order valence-corrected chi connectivity index (χ2v) is 10.4. The highest BCUT2D eigenvalue weighted by atomic mass is 32.2. The first-order valence-electron chi connectivity index (χ1n) is 12.0. The van der Waals surface area contributed by atoms with E-state index in [4.69, 9.17) is 4.98 Å². The first kappa shape index (κ1) is 24.3. The average Bonchev–Trinajstić information content (AvgIpc) is 3.02. The van der Waals surface area contributed by atoms with Crippen LogP contribution in [0.15, 0.2) is 70.3 Å². The van der Waals surface area contributed by atoms with Crippen LogP contribution >= 0.6 is 11.8 Å². The topological polar surface area (TPSA) is 55.2 Å². The van der Waals surface area contributed by atoms with E-state index in [9.17, 15) is 9.59 Å². The molecule has 0 saturated carbocycles. The first-order valence-corrected chi connectivity index (χ1v) is 13.0. The van der Waals surface area contributed by atoms with Crippen molar-refractivity contribution in [3.8, 4) is 0 Å². The number of aromatic nitrogens is 2. The van der Waals surface area contributed by atoms with Gasteiger partial charge in [0.25, 0.3) is 5.56 Å². The van der Waals surface area contributed by atoms with Gasteiger partial charge in [0.15, 0.2) is 10.9 Å². The molecule has 0 bridgehead atoms.